The minimum Gasteiger partial charge on any atom is -0.381 e. The van der Waals surface area contributed by atoms with Crippen molar-refractivity contribution in [1.82, 2.24) is 10.6 Å². The molecule has 1 saturated heterocycles. The molecule has 0 atom stereocenters. The summed E-state index contributed by atoms with van der Waals surface area (Å²) < 4.78 is 11.2. The first-order valence-electron chi connectivity index (χ1n) is 9.88. The Labute approximate surface area is 192 Å². The number of aliphatic imine (C=N–C) groups is 1. The van der Waals surface area contributed by atoms with Crippen LogP contribution in [0.3, 0.4) is 0 Å². The van der Waals surface area contributed by atoms with Crippen LogP contribution in [0.4, 0.5) is 0 Å². The molecule has 0 saturated carbocycles. The molecule has 0 bridgehead atoms. The highest BCUT2D eigenvalue weighted by Gasteiger charge is 2.23. The minimum absolute atomic E-state index is 0. The molecular weight excluding hydrogens is 489 g/mol. The van der Waals surface area contributed by atoms with Gasteiger partial charge >= 0.3 is 0 Å². The first kappa shape index (κ1) is 25.5. The average Bonchev–Trinajstić information content (AvgIpc) is 2.68. The van der Waals surface area contributed by atoms with Gasteiger partial charge in [-0.2, -0.15) is 0 Å². The normalized spacial score (nSPS) is 15.8. The van der Waals surface area contributed by atoms with Crippen LogP contribution in [-0.4, -0.2) is 52.5 Å². The van der Waals surface area contributed by atoms with Gasteiger partial charge in [-0.05, 0) is 36.8 Å². The number of nitrogens with zero attached hydrogens (tertiary/aromatic N) is 1. The van der Waals surface area contributed by atoms with Crippen molar-refractivity contribution >= 4 is 41.5 Å². The van der Waals surface area contributed by atoms with E-state index in [0.717, 1.165) is 75.3 Å². The van der Waals surface area contributed by atoms with Crippen molar-refractivity contribution < 1.29 is 9.47 Å². The lowest BCUT2D eigenvalue weighted by atomic mass is 9.84. The first-order chi connectivity index (χ1) is 13.0. The number of rotatable bonds is 9. The number of hydrogen-bond donors (Lipinski definition) is 2. The maximum Gasteiger partial charge on any atom is 0.191 e. The molecular formula is C21H35ClIN3O2. The van der Waals surface area contributed by atoms with Crippen molar-refractivity contribution in [2.24, 2.45) is 10.9 Å². The second-order valence-electron chi connectivity index (χ2n) is 7.70. The van der Waals surface area contributed by atoms with Gasteiger partial charge in [-0.3, -0.25) is 4.99 Å². The van der Waals surface area contributed by atoms with Crippen molar-refractivity contribution in [3.63, 3.8) is 0 Å². The van der Waals surface area contributed by atoms with E-state index in [1.165, 1.54) is 0 Å². The lowest BCUT2D eigenvalue weighted by Gasteiger charge is -2.27. The Balaban J connectivity index is 0.00000392. The number of nitrogens with one attached hydrogen (secondary N) is 2. The van der Waals surface area contributed by atoms with Gasteiger partial charge in [0.1, 0.15) is 0 Å². The summed E-state index contributed by atoms with van der Waals surface area (Å²) >= 11 is 6.35. The van der Waals surface area contributed by atoms with E-state index < -0.39 is 0 Å². The van der Waals surface area contributed by atoms with Crippen LogP contribution < -0.4 is 10.6 Å². The van der Waals surface area contributed by atoms with Crippen LogP contribution in [0.5, 0.6) is 0 Å². The number of hydrogen-bond acceptors (Lipinski definition) is 3. The number of halogens is 2. The largest absolute Gasteiger partial charge is 0.381 e. The van der Waals surface area contributed by atoms with Crippen LogP contribution in [0.25, 0.3) is 0 Å². The van der Waals surface area contributed by atoms with E-state index in [9.17, 15) is 0 Å². The molecule has 0 unspecified atom stereocenters. The Morgan fingerprint density at radius 1 is 1.25 bits per heavy atom. The second kappa shape index (κ2) is 13.6. The molecule has 5 nitrogen and oxygen atoms in total. The molecule has 1 aromatic carbocycles. The molecule has 1 fully saturated rings. The van der Waals surface area contributed by atoms with Crippen molar-refractivity contribution in [2.75, 3.05) is 46.6 Å². The van der Waals surface area contributed by atoms with Gasteiger partial charge < -0.3 is 20.1 Å². The standard InChI is InChI=1S/C21H34ClN3O2.HI/c1-21(2,18-7-4-5-8-19(18)22)16-25-20(23-3)24-11-6-12-27-15-17-9-13-26-14-10-17;/h4-5,7-8,17H,6,9-16H2,1-3H3,(H2,23,24,25);1H. The molecule has 0 aromatic heterocycles. The lowest BCUT2D eigenvalue weighted by molar-refractivity contribution is 0.0203. The zero-order chi connectivity index (χ0) is 19.5. The molecule has 0 spiro atoms. The zero-order valence-electron chi connectivity index (χ0n) is 17.3. The molecule has 7 heteroatoms. The van der Waals surface area contributed by atoms with Gasteiger partial charge in [-0.15, -0.1) is 24.0 Å². The maximum absolute atomic E-state index is 6.35. The Hall–Kier alpha value is -0.570. The van der Waals surface area contributed by atoms with Crippen molar-refractivity contribution in [1.29, 1.82) is 0 Å². The lowest BCUT2D eigenvalue weighted by Crippen LogP contribution is -2.44. The van der Waals surface area contributed by atoms with Crippen molar-refractivity contribution in [3.05, 3.63) is 34.9 Å². The fourth-order valence-electron chi connectivity index (χ4n) is 3.17. The van der Waals surface area contributed by atoms with Gasteiger partial charge in [-0.25, -0.2) is 0 Å². The van der Waals surface area contributed by atoms with E-state index in [1.807, 2.05) is 18.2 Å². The van der Waals surface area contributed by atoms with Crippen molar-refractivity contribution in [2.45, 2.75) is 38.5 Å². The van der Waals surface area contributed by atoms with E-state index in [-0.39, 0.29) is 29.4 Å². The number of guanidine groups is 1. The van der Waals surface area contributed by atoms with E-state index >= 15 is 0 Å². The van der Waals surface area contributed by atoms with Gasteiger partial charge in [0.2, 0.25) is 0 Å². The molecule has 2 N–H and O–H groups in total. The predicted molar refractivity (Wildman–Crippen MR) is 128 cm³/mol. The van der Waals surface area contributed by atoms with Crippen LogP contribution in [-0.2, 0) is 14.9 Å². The van der Waals surface area contributed by atoms with Gasteiger partial charge in [0, 0.05) is 57.0 Å². The average molecular weight is 524 g/mol. The summed E-state index contributed by atoms with van der Waals surface area (Å²) in [6.45, 7) is 9.31. The highest BCUT2D eigenvalue weighted by Crippen LogP contribution is 2.28. The summed E-state index contributed by atoms with van der Waals surface area (Å²) in [4.78, 5) is 4.31. The van der Waals surface area contributed by atoms with Gasteiger partial charge in [-0.1, -0.05) is 43.6 Å². The maximum atomic E-state index is 6.35. The smallest absolute Gasteiger partial charge is 0.191 e. The highest BCUT2D eigenvalue weighted by atomic mass is 127. The Morgan fingerprint density at radius 2 is 1.96 bits per heavy atom. The van der Waals surface area contributed by atoms with Crippen LogP contribution >= 0.6 is 35.6 Å². The fraction of sp³-hybridized carbons (Fsp3) is 0.667. The minimum atomic E-state index is -0.0945. The summed E-state index contributed by atoms with van der Waals surface area (Å²) in [5.74, 6) is 1.47. The predicted octanol–water partition coefficient (Wildman–Crippen LogP) is 4.23. The molecule has 1 aliphatic heterocycles. The van der Waals surface area contributed by atoms with E-state index in [2.05, 4.69) is 35.5 Å². The van der Waals surface area contributed by atoms with Crippen LogP contribution in [0.1, 0.15) is 38.7 Å². The van der Waals surface area contributed by atoms with Gasteiger partial charge in [0.25, 0.3) is 0 Å². The molecule has 1 heterocycles. The molecule has 2 rings (SSSR count). The summed E-state index contributed by atoms with van der Waals surface area (Å²) in [5.41, 5.74) is 1.04. The third-order valence-electron chi connectivity index (χ3n) is 4.98. The Morgan fingerprint density at radius 3 is 2.64 bits per heavy atom. The highest BCUT2D eigenvalue weighted by molar-refractivity contribution is 14.0. The van der Waals surface area contributed by atoms with Crippen LogP contribution in [0, 0.1) is 5.92 Å². The molecule has 28 heavy (non-hydrogen) atoms. The summed E-state index contributed by atoms with van der Waals surface area (Å²) in [7, 11) is 1.79. The van der Waals surface area contributed by atoms with Crippen molar-refractivity contribution in [3.8, 4) is 0 Å². The topological polar surface area (TPSA) is 54.9 Å². The molecule has 1 aliphatic rings. The van der Waals surface area contributed by atoms with Gasteiger partial charge in [0.15, 0.2) is 5.96 Å². The zero-order valence-corrected chi connectivity index (χ0v) is 20.4. The van der Waals surface area contributed by atoms with Crippen LogP contribution in [0.15, 0.2) is 29.3 Å². The summed E-state index contributed by atoms with van der Waals surface area (Å²) in [6.07, 6.45) is 3.20. The van der Waals surface area contributed by atoms with Crippen LogP contribution in [0.2, 0.25) is 5.02 Å². The van der Waals surface area contributed by atoms with E-state index in [4.69, 9.17) is 21.1 Å². The molecule has 160 valence electrons. The molecule has 0 radical (unpaired) electrons. The summed E-state index contributed by atoms with van der Waals surface area (Å²) in [6, 6.07) is 8.00. The van der Waals surface area contributed by atoms with Gasteiger partial charge in [0.05, 0.1) is 0 Å². The quantitative estimate of drug-likeness (QED) is 0.220. The molecule has 0 aliphatic carbocycles. The first-order valence-corrected chi connectivity index (χ1v) is 10.3. The third-order valence-corrected chi connectivity index (χ3v) is 5.31. The number of ether oxygens (including phenoxy) is 2. The SMILES string of the molecule is CN=C(NCCCOCC1CCOCC1)NCC(C)(C)c1ccccc1Cl.I. The Bertz CT molecular complexity index is 593. The Kier molecular flexibility index (Phi) is 12.4. The summed E-state index contributed by atoms with van der Waals surface area (Å²) in [5, 5.41) is 7.56. The monoisotopic (exact) mass is 523 g/mol. The third kappa shape index (κ3) is 8.84. The second-order valence-corrected chi connectivity index (χ2v) is 8.11. The van der Waals surface area contributed by atoms with E-state index in [0.29, 0.717) is 5.92 Å². The molecule has 0 amide bonds. The fourth-order valence-corrected chi connectivity index (χ4v) is 3.57. The van der Waals surface area contributed by atoms with E-state index in [1.54, 1.807) is 7.05 Å². The molecule has 1 aromatic rings. The number of benzene rings is 1.